The lowest BCUT2D eigenvalue weighted by Crippen LogP contribution is -2.58. The first-order valence-electron chi connectivity index (χ1n) is 4.84. The predicted octanol–water partition coefficient (Wildman–Crippen LogP) is -0.788. The lowest BCUT2D eigenvalue weighted by Gasteiger charge is -2.30. The Balaban J connectivity index is 2.24. The number of rotatable bonds is 1. The lowest BCUT2D eigenvalue weighted by molar-refractivity contribution is -0.138. The number of nitrogens with zero attached hydrogens (tertiary/aromatic N) is 2. The molecule has 0 spiro atoms. The molecule has 0 saturated carbocycles. The number of amides is 3. The van der Waals surface area contributed by atoms with Crippen molar-refractivity contribution in [1.29, 1.82) is 0 Å². The number of thiazole rings is 1. The van der Waals surface area contributed by atoms with E-state index >= 15 is 0 Å². The number of nitrogens with two attached hydrogens (primary N) is 1. The summed E-state index contributed by atoms with van der Waals surface area (Å²) in [5, 5.41) is 3.93. The van der Waals surface area contributed by atoms with Crippen LogP contribution in [0.3, 0.4) is 0 Å². The Kier molecular flexibility index (Phi) is 2.80. The van der Waals surface area contributed by atoms with Gasteiger partial charge in [-0.2, -0.15) is 0 Å². The molecule has 2 heterocycles. The summed E-state index contributed by atoms with van der Waals surface area (Å²) in [4.78, 5) is 39.6. The summed E-state index contributed by atoms with van der Waals surface area (Å²) in [7, 11) is 0. The molecule has 1 aromatic rings. The zero-order chi connectivity index (χ0) is 12.6. The van der Waals surface area contributed by atoms with Crippen molar-refractivity contribution in [2.45, 2.75) is 13.0 Å². The fourth-order valence-corrected chi connectivity index (χ4v) is 2.03. The van der Waals surface area contributed by atoms with Gasteiger partial charge in [-0.15, -0.1) is 11.3 Å². The van der Waals surface area contributed by atoms with E-state index in [1.807, 2.05) is 0 Å². The van der Waals surface area contributed by atoms with E-state index in [0.29, 0.717) is 0 Å². The van der Waals surface area contributed by atoms with Gasteiger partial charge < -0.3 is 10.6 Å². The van der Waals surface area contributed by atoms with Gasteiger partial charge in [0.1, 0.15) is 18.3 Å². The van der Waals surface area contributed by atoms with Crippen molar-refractivity contribution >= 4 is 34.2 Å². The maximum absolute atomic E-state index is 12.0. The molecule has 1 aliphatic heterocycles. The molecular formula is C9H10N4O3S. The molecule has 2 rings (SSSR count). The van der Waals surface area contributed by atoms with E-state index in [1.54, 1.807) is 6.92 Å². The largest absolute Gasteiger partial charge is 0.375 e. The summed E-state index contributed by atoms with van der Waals surface area (Å²) >= 11 is 1.13. The van der Waals surface area contributed by atoms with E-state index < -0.39 is 23.8 Å². The van der Waals surface area contributed by atoms with Crippen LogP contribution >= 0.6 is 11.3 Å². The Labute approximate surface area is 101 Å². The third-order valence-electron chi connectivity index (χ3n) is 2.43. The van der Waals surface area contributed by atoms with Crippen molar-refractivity contribution in [3.8, 4) is 0 Å². The van der Waals surface area contributed by atoms with Gasteiger partial charge in [0.15, 0.2) is 5.13 Å². The van der Waals surface area contributed by atoms with Crippen LogP contribution in [-0.2, 0) is 9.59 Å². The van der Waals surface area contributed by atoms with Gasteiger partial charge in [0.25, 0.3) is 5.91 Å². The molecule has 90 valence electrons. The van der Waals surface area contributed by atoms with Crippen molar-refractivity contribution in [1.82, 2.24) is 15.2 Å². The molecule has 1 aliphatic rings. The van der Waals surface area contributed by atoms with E-state index in [1.165, 1.54) is 10.3 Å². The molecule has 1 atom stereocenters. The third-order valence-corrected chi connectivity index (χ3v) is 3.10. The van der Waals surface area contributed by atoms with Crippen LogP contribution in [0.4, 0.5) is 5.13 Å². The molecular weight excluding hydrogens is 244 g/mol. The maximum Gasteiger partial charge on any atom is 0.274 e. The Bertz CT molecular complexity index is 498. The van der Waals surface area contributed by atoms with Crippen molar-refractivity contribution in [2.75, 3.05) is 12.3 Å². The van der Waals surface area contributed by atoms with Crippen molar-refractivity contribution in [3.63, 3.8) is 0 Å². The summed E-state index contributed by atoms with van der Waals surface area (Å²) in [5.41, 5.74) is 5.58. The van der Waals surface area contributed by atoms with Crippen molar-refractivity contribution in [3.05, 3.63) is 11.1 Å². The number of carbonyl (C=O) groups is 3. The van der Waals surface area contributed by atoms with E-state index in [9.17, 15) is 14.4 Å². The Morgan fingerprint density at radius 2 is 2.35 bits per heavy atom. The topological polar surface area (TPSA) is 105 Å². The average Bonchev–Trinajstić information content (AvgIpc) is 2.69. The first-order valence-corrected chi connectivity index (χ1v) is 5.72. The van der Waals surface area contributed by atoms with Crippen LogP contribution in [-0.4, -0.2) is 40.2 Å². The van der Waals surface area contributed by atoms with Crippen molar-refractivity contribution in [2.24, 2.45) is 0 Å². The monoisotopic (exact) mass is 254 g/mol. The minimum absolute atomic E-state index is 0.150. The number of imide groups is 1. The minimum atomic E-state index is -0.692. The molecule has 8 heteroatoms. The van der Waals surface area contributed by atoms with Crippen LogP contribution in [0.15, 0.2) is 5.38 Å². The van der Waals surface area contributed by atoms with Crippen LogP contribution < -0.4 is 11.1 Å². The molecule has 0 radical (unpaired) electrons. The van der Waals surface area contributed by atoms with Gasteiger partial charge in [-0.25, -0.2) is 4.98 Å². The molecule has 1 unspecified atom stereocenters. The number of anilines is 1. The van der Waals surface area contributed by atoms with E-state index in [2.05, 4.69) is 10.3 Å². The highest BCUT2D eigenvalue weighted by molar-refractivity contribution is 7.13. The van der Waals surface area contributed by atoms with Gasteiger partial charge in [0, 0.05) is 5.38 Å². The normalized spacial score (nSPS) is 20.3. The molecule has 7 nitrogen and oxygen atoms in total. The molecule has 1 aromatic heterocycles. The highest BCUT2D eigenvalue weighted by atomic mass is 32.1. The quantitative estimate of drug-likeness (QED) is 0.639. The number of piperazine rings is 1. The summed E-state index contributed by atoms with van der Waals surface area (Å²) in [5.74, 6) is -1.45. The second kappa shape index (κ2) is 4.13. The standard InChI is InChI=1S/C9H10N4O3S/c1-4-7(15)12-6(14)2-13(4)8(16)5-3-17-9(10)11-5/h3-4H,2H2,1H3,(H2,10,11)(H,12,14,15). The first kappa shape index (κ1) is 11.5. The number of nitrogen functional groups attached to an aromatic ring is 1. The van der Waals surface area contributed by atoms with Gasteiger partial charge in [-0.05, 0) is 6.92 Å². The predicted molar refractivity (Wildman–Crippen MR) is 60.2 cm³/mol. The summed E-state index contributed by atoms with van der Waals surface area (Å²) in [6, 6.07) is -0.692. The number of nitrogens with one attached hydrogen (secondary N) is 1. The van der Waals surface area contributed by atoms with Crippen LogP contribution in [0.25, 0.3) is 0 Å². The van der Waals surface area contributed by atoms with Gasteiger partial charge in [0.05, 0.1) is 0 Å². The van der Waals surface area contributed by atoms with Gasteiger partial charge in [-0.1, -0.05) is 0 Å². The summed E-state index contributed by atoms with van der Waals surface area (Å²) in [6.07, 6.45) is 0. The molecule has 3 N–H and O–H groups in total. The number of hydrogen-bond donors (Lipinski definition) is 2. The minimum Gasteiger partial charge on any atom is -0.375 e. The third kappa shape index (κ3) is 2.11. The number of aromatic nitrogens is 1. The molecule has 1 saturated heterocycles. The smallest absolute Gasteiger partial charge is 0.274 e. The van der Waals surface area contributed by atoms with Crippen LogP contribution in [0, 0.1) is 0 Å². The lowest BCUT2D eigenvalue weighted by atomic mass is 10.2. The highest BCUT2D eigenvalue weighted by Gasteiger charge is 2.34. The summed E-state index contributed by atoms with van der Waals surface area (Å²) in [6.45, 7) is 1.40. The highest BCUT2D eigenvalue weighted by Crippen LogP contribution is 2.15. The van der Waals surface area contributed by atoms with Gasteiger partial charge in [-0.3, -0.25) is 19.7 Å². The van der Waals surface area contributed by atoms with Crippen LogP contribution in [0.1, 0.15) is 17.4 Å². The van der Waals surface area contributed by atoms with Crippen molar-refractivity contribution < 1.29 is 14.4 Å². The average molecular weight is 254 g/mol. The molecule has 0 bridgehead atoms. The Hall–Kier alpha value is -1.96. The second-order valence-electron chi connectivity index (χ2n) is 3.59. The number of hydrogen-bond acceptors (Lipinski definition) is 6. The fraction of sp³-hybridized carbons (Fsp3) is 0.333. The first-order chi connectivity index (χ1) is 7.99. The van der Waals surface area contributed by atoms with E-state index in [0.717, 1.165) is 11.3 Å². The molecule has 0 aliphatic carbocycles. The zero-order valence-corrected chi connectivity index (χ0v) is 9.78. The van der Waals surface area contributed by atoms with E-state index in [4.69, 9.17) is 5.73 Å². The maximum atomic E-state index is 12.0. The molecule has 0 aromatic carbocycles. The Morgan fingerprint density at radius 3 is 2.94 bits per heavy atom. The van der Waals surface area contributed by atoms with E-state index in [-0.39, 0.29) is 17.4 Å². The SMILES string of the molecule is CC1C(=O)NC(=O)CN1C(=O)c1csc(N)n1. The summed E-state index contributed by atoms with van der Waals surface area (Å²) < 4.78 is 0. The van der Waals surface area contributed by atoms with Crippen LogP contribution in [0.2, 0.25) is 0 Å². The number of carbonyl (C=O) groups excluding carboxylic acids is 3. The molecule has 3 amide bonds. The fourth-order valence-electron chi connectivity index (χ4n) is 1.50. The zero-order valence-electron chi connectivity index (χ0n) is 8.97. The second-order valence-corrected chi connectivity index (χ2v) is 4.48. The molecule has 17 heavy (non-hydrogen) atoms. The van der Waals surface area contributed by atoms with Crippen LogP contribution in [0.5, 0.6) is 0 Å². The Morgan fingerprint density at radius 1 is 1.65 bits per heavy atom. The van der Waals surface area contributed by atoms with Gasteiger partial charge in [0.2, 0.25) is 11.8 Å². The van der Waals surface area contributed by atoms with Gasteiger partial charge >= 0.3 is 0 Å². The molecule has 1 fully saturated rings.